The Balaban J connectivity index is 1.67. The Morgan fingerprint density at radius 3 is 2.38 bits per heavy atom. The van der Waals surface area contributed by atoms with Crippen LogP contribution in [0.15, 0.2) is 29.1 Å². The van der Waals surface area contributed by atoms with E-state index < -0.39 is 0 Å². The zero-order chi connectivity index (χ0) is 18.6. The van der Waals surface area contributed by atoms with Crippen molar-refractivity contribution in [2.45, 2.75) is 44.9 Å². The average molecular weight is 352 g/mol. The minimum atomic E-state index is -0.371. The first-order valence-electron chi connectivity index (χ1n) is 9.25. The van der Waals surface area contributed by atoms with Crippen LogP contribution in [-0.4, -0.2) is 22.4 Å². The van der Waals surface area contributed by atoms with Crippen molar-refractivity contribution >= 4 is 5.97 Å². The lowest BCUT2D eigenvalue weighted by molar-refractivity contribution is 0.0600. The Bertz CT molecular complexity index is 1030. The van der Waals surface area contributed by atoms with E-state index in [1.807, 2.05) is 19.2 Å². The molecule has 0 radical (unpaired) electrons. The zero-order valence-corrected chi connectivity index (χ0v) is 15.9. The Labute approximate surface area is 152 Å². The molecule has 3 aliphatic rings. The van der Waals surface area contributed by atoms with Crippen LogP contribution in [0.5, 0.6) is 0 Å². The number of benzene rings is 1. The van der Waals surface area contributed by atoms with Crippen molar-refractivity contribution in [3.63, 3.8) is 0 Å². The van der Waals surface area contributed by atoms with E-state index >= 15 is 0 Å². The van der Waals surface area contributed by atoms with E-state index in [4.69, 9.17) is 4.74 Å². The average Bonchev–Trinajstić information content (AvgIpc) is 2.77. The summed E-state index contributed by atoms with van der Waals surface area (Å²) in [5, 5.41) is 0. The van der Waals surface area contributed by atoms with Gasteiger partial charge in [0.1, 0.15) is 0 Å². The van der Waals surface area contributed by atoms with E-state index in [0.717, 1.165) is 17.7 Å². The Morgan fingerprint density at radius 2 is 1.85 bits per heavy atom. The molecule has 0 aliphatic heterocycles. The molecule has 1 aromatic heterocycles. The fourth-order valence-electron chi connectivity index (χ4n) is 6.74. The number of esters is 1. The van der Waals surface area contributed by atoms with E-state index in [-0.39, 0.29) is 27.8 Å². The van der Waals surface area contributed by atoms with Gasteiger partial charge < -0.3 is 4.74 Å². The van der Waals surface area contributed by atoms with Crippen LogP contribution in [-0.2, 0) is 17.2 Å². The predicted octanol–water partition coefficient (Wildman–Crippen LogP) is 3.14. The van der Waals surface area contributed by atoms with Gasteiger partial charge in [-0.1, -0.05) is 20.8 Å². The maximum Gasteiger partial charge on any atom is 0.337 e. The predicted molar refractivity (Wildman–Crippen MR) is 97.9 cm³/mol. The lowest BCUT2D eigenvalue weighted by atomic mass is 9.65. The summed E-state index contributed by atoms with van der Waals surface area (Å²) < 4.78 is 8.57. The van der Waals surface area contributed by atoms with Crippen LogP contribution < -0.4 is 5.56 Å². The topological polar surface area (TPSA) is 53.2 Å². The van der Waals surface area contributed by atoms with Gasteiger partial charge in [-0.05, 0) is 53.9 Å². The van der Waals surface area contributed by atoms with Gasteiger partial charge in [-0.3, -0.25) is 9.48 Å². The zero-order valence-electron chi connectivity index (χ0n) is 15.9. The smallest absolute Gasteiger partial charge is 0.337 e. The Morgan fingerprint density at radius 1 is 1.19 bits per heavy atom. The number of hydrogen-bond acceptors (Lipinski definition) is 3. The summed E-state index contributed by atoms with van der Waals surface area (Å²) in [6.45, 7) is 7.05. The first-order chi connectivity index (χ1) is 12.2. The van der Waals surface area contributed by atoms with Crippen molar-refractivity contribution < 1.29 is 9.53 Å². The maximum absolute atomic E-state index is 13.3. The molecule has 0 saturated heterocycles. The fraction of sp³-hybridized carbons (Fsp3) is 0.524. The molecule has 1 spiro atoms. The minimum absolute atomic E-state index is 0.0728. The lowest BCUT2D eigenvalue weighted by Gasteiger charge is -2.38. The highest BCUT2D eigenvalue weighted by Gasteiger charge is 2.89. The quantitative estimate of drug-likeness (QED) is 0.780. The SMILES string of the molecule is COC(=O)c1ccc(-n2c(=O)c3c(n2C)[C@@]2(C)C(C)(C)C24CCC34)cc1. The van der Waals surface area contributed by atoms with Crippen molar-refractivity contribution in [3.8, 4) is 5.69 Å². The van der Waals surface area contributed by atoms with Crippen molar-refractivity contribution in [2.24, 2.45) is 17.9 Å². The summed E-state index contributed by atoms with van der Waals surface area (Å²) >= 11 is 0. The third-order valence-corrected chi connectivity index (χ3v) is 8.27. The summed E-state index contributed by atoms with van der Waals surface area (Å²) in [5.41, 5.74) is 4.21. The van der Waals surface area contributed by atoms with Crippen LogP contribution >= 0.6 is 0 Å². The van der Waals surface area contributed by atoms with E-state index in [1.54, 1.807) is 16.8 Å². The van der Waals surface area contributed by atoms with Gasteiger partial charge >= 0.3 is 5.97 Å². The van der Waals surface area contributed by atoms with Crippen molar-refractivity contribution in [3.05, 3.63) is 51.4 Å². The van der Waals surface area contributed by atoms with Crippen LogP contribution in [0.4, 0.5) is 0 Å². The Hall–Kier alpha value is -2.30. The highest BCUT2D eigenvalue weighted by atomic mass is 16.5. The molecule has 136 valence electrons. The van der Waals surface area contributed by atoms with Gasteiger partial charge in [-0.25, -0.2) is 9.48 Å². The molecule has 2 aromatic rings. The van der Waals surface area contributed by atoms with Crippen LogP contribution in [0.2, 0.25) is 0 Å². The second kappa shape index (κ2) is 4.33. The summed E-state index contributed by atoms with van der Waals surface area (Å²) in [6.07, 6.45) is 2.34. The van der Waals surface area contributed by atoms with Gasteiger partial charge in [-0.2, -0.15) is 0 Å². The number of nitrogens with zero attached hydrogens (tertiary/aromatic N) is 2. The molecular weight excluding hydrogens is 328 g/mol. The summed E-state index contributed by atoms with van der Waals surface area (Å²) in [5.74, 6) is 0.0246. The van der Waals surface area contributed by atoms with Crippen LogP contribution in [0.25, 0.3) is 5.69 Å². The number of aromatic nitrogens is 2. The number of hydrogen-bond donors (Lipinski definition) is 0. The highest BCUT2D eigenvalue weighted by molar-refractivity contribution is 5.89. The van der Waals surface area contributed by atoms with Gasteiger partial charge in [0, 0.05) is 18.0 Å². The minimum Gasteiger partial charge on any atom is -0.465 e. The number of ether oxygens (including phenoxy) is 1. The summed E-state index contributed by atoms with van der Waals surface area (Å²) in [6, 6.07) is 7.05. The molecule has 5 rings (SSSR count). The number of carbonyl (C=O) groups excluding carboxylic acids is 1. The highest BCUT2D eigenvalue weighted by Crippen LogP contribution is 2.92. The molecule has 2 saturated carbocycles. The monoisotopic (exact) mass is 352 g/mol. The van der Waals surface area contributed by atoms with Crippen LogP contribution in [0.3, 0.4) is 0 Å². The van der Waals surface area contributed by atoms with Crippen LogP contribution in [0.1, 0.15) is 61.1 Å². The molecule has 2 unspecified atom stereocenters. The van der Waals surface area contributed by atoms with E-state index in [1.165, 1.54) is 19.2 Å². The van der Waals surface area contributed by atoms with Gasteiger partial charge in [0.05, 0.1) is 24.1 Å². The number of fused-ring (bicyclic) bond motifs is 3. The van der Waals surface area contributed by atoms with Gasteiger partial charge in [0.2, 0.25) is 0 Å². The third-order valence-electron chi connectivity index (χ3n) is 8.27. The first-order valence-corrected chi connectivity index (χ1v) is 9.25. The second-order valence-electron chi connectivity index (χ2n) is 8.75. The molecule has 5 heteroatoms. The third kappa shape index (κ3) is 1.30. The van der Waals surface area contributed by atoms with E-state index in [2.05, 4.69) is 25.5 Å². The second-order valence-corrected chi connectivity index (χ2v) is 8.75. The first kappa shape index (κ1) is 15.9. The molecular formula is C21H24N2O3. The molecule has 0 amide bonds. The summed E-state index contributed by atoms with van der Waals surface area (Å²) in [7, 11) is 3.36. The molecule has 2 fully saturated rings. The molecule has 1 heterocycles. The molecule has 0 N–H and O–H groups in total. The van der Waals surface area contributed by atoms with E-state index in [9.17, 15) is 9.59 Å². The van der Waals surface area contributed by atoms with Gasteiger partial charge in [0.25, 0.3) is 5.56 Å². The molecule has 3 aliphatic carbocycles. The number of rotatable bonds is 2. The van der Waals surface area contributed by atoms with Crippen LogP contribution in [0, 0.1) is 10.8 Å². The molecule has 3 atom stereocenters. The Kier molecular flexibility index (Phi) is 2.65. The maximum atomic E-state index is 13.3. The van der Waals surface area contributed by atoms with Crippen molar-refractivity contribution in [2.75, 3.05) is 7.11 Å². The van der Waals surface area contributed by atoms with Gasteiger partial charge in [-0.15, -0.1) is 0 Å². The van der Waals surface area contributed by atoms with Gasteiger partial charge in [0.15, 0.2) is 0 Å². The van der Waals surface area contributed by atoms with Crippen molar-refractivity contribution in [1.82, 2.24) is 9.36 Å². The fourth-order valence-corrected chi connectivity index (χ4v) is 6.74. The number of methoxy groups -OCH3 is 1. The molecule has 1 aromatic carbocycles. The molecule has 5 nitrogen and oxygen atoms in total. The lowest BCUT2D eigenvalue weighted by Crippen LogP contribution is -2.33. The summed E-state index contributed by atoms with van der Waals surface area (Å²) in [4.78, 5) is 25.0. The van der Waals surface area contributed by atoms with Crippen molar-refractivity contribution in [1.29, 1.82) is 0 Å². The normalized spacial score (nSPS) is 32.3. The molecule has 0 bridgehead atoms. The standard InChI is InChI=1S/C21H24N2O3/c1-19(2)20(3)16-15(14-10-11-21(14,19)20)17(24)23(22(16)4)13-8-6-12(7-9-13)18(25)26-5/h6-9,14H,10-11H2,1-5H3/t14?,20-,21?/m0/s1. The number of carbonyl (C=O) groups is 1. The van der Waals surface area contributed by atoms with E-state index in [0.29, 0.717) is 11.5 Å². The largest absolute Gasteiger partial charge is 0.465 e. The molecule has 26 heavy (non-hydrogen) atoms.